The number of rotatable bonds is 4. The van der Waals surface area contributed by atoms with Gasteiger partial charge in [0.25, 0.3) is 0 Å². The number of ether oxygens (including phenoxy) is 1. The molecule has 6 nitrogen and oxygen atoms in total. The lowest BCUT2D eigenvalue weighted by molar-refractivity contribution is 0.230. The van der Waals surface area contributed by atoms with Gasteiger partial charge in [-0.1, -0.05) is 0 Å². The zero-order valence-corrected chi connectivity index (χ0v) is 12.8. The van der Waals surface area contributed by atoms with E-state index in [0.29, 0.717) is 17.3 Å². The molecule has 0 radical (unpaired) electrons. The third kappa shape index (κ3) is 4.35. The van der Waals surface area contributed by atoms with Gasteiger partial charge in [-0.05, 0) is 30.5 Å². The van der Waals surface area contributed by atoms with Crippen molar-refractivity contribution in [1.82, 2.24) is 14.9 Å². The van der Waals surface area contributed by atoms with Gasteiger partial charge in [0.2, 0.25) is 5.88 Å². The number of anilines is 1. The molecule has 0 bridgehead atoms. The van der Waals surface area contributed by atoms with Crippen molar-refractivity contribution in [2.45, 2.75) is 5.03 Å². The summed E-state index contributed by atoms with van der Waals surface area (Å²) in [5, 5.41) is 3.54. The summed E-state index contributed by atoms with van der Waals surface area (Å²) in [6, 6.07) is 6.88. The van der Waals surface area contributed by atoms with Crippen molar-refractivity contribution >= 4 is 23.5 Å². The molecule has 21 heavy (non-hydrogen) atoms. The maximum atomic E-state index is 11.5. The van der Waals surface area contributed by atoms with Gasteiger partial charge in [0, 0.05) is 19.8 Å². The molecule has 2 rings (SSSR count). The molecule has 0 aliphatic rings. The van der Waals surface area contributed by atoms with E-state index in [1.807, 2.05) is 6.26 Å². The molecule has 0 aliphatic heterocycles. The van der Waals surface area contributed by atoms with Crippen LogP contribution in [0.1, 0.15) is 0 Å². The largest absolute Gasteiger partial charge is 0.437 e. The summed E-state index contributed by atoms with van der Waals surface area (Å²) in [6.45, 7) is 0. The number of nitrogens with zero attached hydrogens (tertiary/aromatic N) is 3. The molecule has 0 saturated carbocycles. The molecule has 0 spiro atoms. The van der Waals surface area contributed by atoms with Crippen LogP contribution in [0.3, 0.4) is 0 Å². The van der Waals surface area contributed by atoms with Crippen molar-refractivity contribution in [2.24, 2.45) is 0 Å². The molecule has 110 valence electrons. The summed E-state index contributed by atoms with van der Waals surface area (Å²) in [4.78, 5) is 21.3. The first-order chi connectivity index (χ1) is 10.1. The Bertz CT molecular complexity index is 617. The fraction of sp³-hybridized carbons (Fsp3) is 0.214. The molecule has 0 unspecified atom stereocenters. The van der Waals surface area contributed by atoms with Crippen molar-refractivity contribution in [3.8, 4) is 11.6 Å². The molecule has 1 N–H and O–H groups in total. The van der Waals surface area contributed by atoms with Crippen LogP contribution in [0.2, 0.25) is 0 Å². The van der Waals surface area contributed by atoms with E-state index < -0.39 is 0 Å². The number of urea groups is 1. The molecule has 0 atom stereocenters. The van der Waals surface area contributed by atoms with E-state index in [1.54, 1.807) is 50.8 Å². The van der Waals surface area contributed by atoms with Gasteiger partial charge in [-0.15, -0.1) is 11.8 Å². The number of benzene rings is 1. The Labute approximate surface area is 127 Å². The maximum Gasteiger partial charge on any atom is 0.321 e. The van der Waals surface area contributed by atoms with Gasteiger partial charge in [-0.2, -0.15) is 0 Å². The van der Waals surface area contributed by atoms with Crippen molar-refractivity contribution in [1.29, 1.82) is 0 Å². The Morgan fingerprint density at radius 1 is 1.24 bits per heavy atom. The van der Waals surface area contributed by atoms with E-state index in [4.69, 9.17) is 4.74 Å². The van der Waals surface area contributed by atoms with Gasteiger partial charge in [-0.3, -0.25) is 4.98 Å². The second-order valence-electron chi connectivity index (χ2n) is 4.35. The minimum absolute atomic E-state index is 0.179. The third-order valence-electron chi connectivity index (χ3n) is 2.53. The van der Waals surface area contributed by atoms with Crippen LogP contribution in [-0.2, 0) is 0 Å². The Morgan fingerprint density at radius 3 is 2.57 bits per heavy atom. The molecule has 0 fully saturated rings. The standard InChI is InChI=1S/C14H16N4O2S/c1-18(2)14(19)16-10-4-6-11(7-5-10)20-12-8-15-9-13(17-12)21-3/h4-9H,1-3H3,(H,16,19). The minimum atomic E-state index is -0.179. The van der Waals surface area contributed by atoms with Crippen LogP contribution in [0.4, 0.5) is 10.5 Å². The summed E-state index contributed by atoms with van der Waals surface area (Å²) in [7, 11) is 3.37. The van der Waals surface area contributed by atoms with Gasteiger partial charge >= 0.3 is 6.03 Å². The fourth-order valence-corrected chi connectivity index (χ4v) is 1.79. The molecule has 1 aromatic carbocycles. The summed E-state index contributed by atoms with van der Waals surface area (Å²) < 4.78 is 5.62. The molecule has 2 amide bonds. The van der Waals surface area contributed by atoms with Crippen LogP contribution in [0, 0.1) is 0 Å². The summed E-state index contributed by atoms with van der Waals surface area (Å²) >= 11 is 1.50. The first-order valence-corrected chi connectivity index (χ1v) is 7.43. The number of nitrogens with one attached hydrogen (secondary N) is 1. The maximum absolute atomic E-state index is 11.5. The topological polar surface area (TPSA) is 67.3 Å². The Balaban J connectivity index is 2.03. The number of carbonyl (C=O) groups is 1. The van der Waals surface area contributed by atoms with Gasteiger partial charge < -0.3 is 15.0 Å². The molecule has 1 heterocycles. The van der Waals surface area contributed by atoms with Crippen molar-refractivity contribution in [3.05, 3.63) is 36.7 Å². The zero-order chi connectivity index (χ0) is 15.2. The smallest absolute Gasteiger partial charge is 0.321 e. The lowest BCUT2D eigenvalue weighted by Crippen LogP contribution is -2.27. The van der Waals surface area contributed by atoms with Crippen LogP contribution in [0.5, 0.6) is 11.6 Å². The number of aromatic nitrogens is 2. The number of thioether (sulfide) groups is 1. The normalized spacial score (nSPS) is 10.0. The molecule has 1 aromatic heterocycles. The predicted molar refractivity (Wildman–Crippen MR) is 83.0 cm³/mol. The molecule has 2 aromatic rings. The van der Waals surface area contributed by atoms with E-state index in [0.717, 1.165) is 5.03 Å². The average molecular weight is 304 g/mol. The van der Waals surface area contributed by atoms with Gasteiger partial charge in [0.1, 0.15) is 10.8 Å². The highest BCUT2D eigenvalue weighted by Crippen LogP contribution is 2.22. The van der Waals surface area contributed by atoms with E-state index in [-0.39, 0.29) is 6.03 Å². The quantitative estimate of drug-likeness (QED) is 0.879. The third-order valence-corrected chi connectivity index (χ3v) is 3.15. The number of carbonyl (C=O) groups excluding carboxylic acids is 1. The minimum Gasteiger partial charge on any atom is -0.437 e. The summed E-state index contributed by atoms with van der Waals surface area (Å²) in [5.74, 6) is 1.07. The Kier molecular flexibility index (Phi) is 4.99. The second kappa shape index (κ2) is 6.94. The SMILES string of the molecule is CSc1cncc(Oc2ccc(NC(=O)N(C)C)cc2)n1. The number of amides is 2. The van der Waals surface area contributed by atoms with E-state index in [9.17, 15) is 4.79 Å². The first-order valence-electron chi connectivity index (χ1n) is 6.21. The van der Waals surface area contributed by atoms with Crippen LogP contribution < -0.4 is 10.1 Å². The second-order valence-corrected chi connectivity index (χ2v) is 5.18. The predicted octanol–water partition coefficient (Wildman–Crippen LogP) is 3.08. The van der Waals surface area contributed by atoms with E-state index in [2.05, 4.69) is 15.3 Å². The molecule has 7 heteroatoms. The first kappa shape index (κ1) is 15.1. The lowest BCUT2D eigenvalue weighted by atomic mass is 10.3. The molecular formula is C14H16N4O2S. The molecule has 0 aliphatic carbocycles. The van der Waals surface area contributed by atoms with Crippen LogP contribution in [0.15, 0.2) is 41.7 Å². The summed E-state index contributed by atoms with van der Waals surface area (Å²) in [5.41, 5.74) is 0.699. The van der Waals surface area contributed by atoms with Crippen LogP contribution >= 0.6 is 11.8 Å². The van der Waals surface area contributed by atoms with Crippen molar-refractivity contribution in [2.75, 3.05) is 25.7 Å². The van der Waals surface area contributed by atoms with Gasteiger partial charge in [-0.25, -0.2) is 9.78 Å². The average Bonchev–Trinajstić information content (AvgIpc) is 2.49. The van der Waals surface area contributed by atoms with Gasteiger partial charge in [0.15, 0.2) is 0 Å². The highest BCUT2D eigenvalue weighted by Gasteiger charge is 2.05. The summed E-state index contributed by atoms with van der Waals surface area (Å²) in [6.07, 6.45) is 5.16. The van der Waals surface area contributed by atoms with Crippen molar-refractivity contribution < 1.29 is 9.53 Å². The Hall–Kier alpha value is -2.28. The highest BCUT2D eigenvalue weighted by atomic mass is 32.2. The highest BCUT2D eigenvalue weighted by molar-refractivity contribution is 7.98. The molecule has 0 saturated heterocycles. The van der Waals surface area contributed by atoms with Crippen molar-refractivity contribution in [3.63, 3.8) is 0 Å². The van der Waals surface area contributed by atoms with E-state index >= 15 is 0 Å². The van der Waals surface area contributed by atoms with Gasteiger partial charge in [0.05, 0.1) is 12.4 Å². The number of hydrogen-bond donors (Lipinski definition) is 1. The monoisotopic (exact) mass is 304 g/mol. The Morgan fingerprint density at radius 2 is 1.95 bits per heavy atom. The number of hydrogen-bond acceptors (Lipinski definition) is 5. The molecular weight excluding hydrogens is 288 g/mol. The van der Waals surface area contributed by atoms with Crippen LogP contribution in [-0.4, -0.2) is 41.3 Å². The van der Waals surface area contributed by atoms with E-state index in [1.165, 1.54) is 16.7 Å². The fourth-order valence-electron chi connectivity index (χ4n) is 1.44. The lowest BCUT2D eigenvalue weighted by Gasteiger charge is -2.12. The zero-order valence-electron chi connectivity index (χ0n) is 12.0. The van der Waals surface area contributed by atoms with Crippen LogP contribution in [0.25, 0.3) is 0 Å².